The van der Waals surface area contributed by atoms with Crippen LogP contribution in [-0.2, 0) is 0 Å². The van der Waals surface area contributed by atoms with Crippen LogP contribution in [0.25, 0.3) is 5.73 Å². The third-order valence-electron chi connectivity index (χ3n) is 3.56. The molecule has 1 aliphatic heterocycles. The van der Waals surface area contributed by atoms with Crippen LogP contribution >= 0.6 is 0 Å². The summed E-state index contributed by atoms with van der Waals surface area (Å²) in [5.74, 6) is 0.184. The van der Waals surface area contributed by atoms with Gasteiger partial charge in [-0.05, 0) is 0 Å². The number of nitrogens with zero attached hydrogens (tertiary/aromatic N) is 4. The van der Waals surface area contributed by atoms with Crippen LogP contribution in [0.15, 0.2) is 41.1 Å². The summed E-state index contributed by atoms with van der Waals surface area (Å²) < 4.78 is 4.74. The molecule has 21 heavy (non-hydrogen) atoms. The molecule has 0 unspecified atom stereocenters. The van der Waals surface area contributed by atoms with E-state index in [4.69, 9.17) is 10.3 Å². The van der Waals surface area contributed by atoms with Crippen molar-refractivity contribution in [2.24, 2.45) is 0 Å². The summed E-state index contributed by atoms with van der Waals surface area (Å²) in [4.78, 5) is 15.8. The second kappa shape index (κ2) is 5.92. The van der Waals surface area contributed by atoms with Crippen molar-refractivity contribution in [2.45, 2.75) is 0 Å². The zero-order valence-corrected chi connectivity index (χ0v) is 11.6. The standard InChI is InChI=1S/C14H17N5O2/c15-14-11-19(16-21-14)18-8-6-17(7-9-18)10-13(20)12-4-2-1-3-5-12/h1-5,11H,6-10H2,(H-,15,16). The Morgan fingerprint density at radius 3 is 2.57 bits per heavy atom. The monoisotopic (exact) mass is 287 g/mol. The number of Topliss-reactive ketones (excluding diaryl/α,β-unsaturated/α-hetero) is 1. The quantitative estimate of drug-likeness (QED) is 0.613. The molecule has 0 bridgehead atoms. The van der Waals surface area contributed by atoms with Crippen molar-refractivity contribution in [1.29, 1.82) is 0 Å². The molecule has 2 aromatic rings. The normalized spacial score (nSPS) is 16.1. The van der Waals surface area contributed by atoms with Crippen molar-refractivity contribution >= 4 is 11.7 Å². The number of aromatic nitrogens is 2. The number of ketones is 1. The van der Waals surface area contributed by atoms with Crippen LogP contribution in [0.3, 0.4) is 0 Å². The Bertz CT molecular complexity index is 605. The van der Waals surface area contributed by atoms with E-state index >= 15 is 0 Å². The number of benzene rings is 1. The molecular formula is C14H17N5O2. The SMILES string of the molecule is [NH-]c1c[n+](N2CCN(CC(=O)c3ccccc3)CC2)no1. The molecule has 0 amide bonds. The van der Waals surface area contributed by atoms with Gasteiger partial charge >= 0.3 is 0 Å². The average molecular weight is 287 g/mol. The van der Waals surface area contributed by atoms with Gasteiger partial charge in [0.2, 0.25) is 5.27 Å². The van der Waals surface area contributed by atoms with Crippen molar-refractivity contribution in [3.8, 4) is 0 Å². The highest BCUT2D eigenvalue weighted by atomic mass is 16.5. The third kappa shape index (κ3) is 3.19. The van der Waals surface area contributed by atoms with Crippen LogP contribution in [-0.4, -0.2) is 48.7 Å². The molecule has 0 spiro atoms. The van der Waals surface area contributed by atoms with Crippen LogP contribution < -0.4 is 9.80 Å². The fourth-order valence-corrected chi connectivity index (χ4v) is 2.39. The number of rotatable bonds is 4. The summed E-state index contributed by atoms with van der Waals surface area (Å²) in [5, 5.41) is 5.76. The van der Waals surface area contributed by atoms with E-state index in [1.54, 1.807) is 4.79 Å². The maximum Gasteiger partial charge on any atom is 0.256 e. The number of nitrogens with one attached hydrogen (secondary N) is 1. The lowest BCUT2D eigenvalue weighted by atomic mass is 10.1. The van der Waals surface area contributed by atoms with Crippen molar-refractivity contribution in [3.05, 3.63) is 47.8 Å². The van der Waals surface area contributed by atoms with Gasteiger partial charge in [0.05, 0.1) is 24.4 Å². The van der Waals surface area contributed by atoms with E-state index < -0.39 is 0 Å². The van der Waals surface area contributed by atoms with Gasteiger partial charge < -0.3 is 10.3 Å². The van der Waals surface area contributed by atoms with E-state index in [2.05, 4.69) is 10.2 Å². The fraction of sp³-hybridized carbons (Fsp3) is 0.357. The maximum absolute atomic E-state index is 12.2. The highest BCUT2D eigenvalue weighted by Crippen LogP contribution is 2.05. The van der Waals surface area contributed by atoms with Crippen LogP contribution in [0.2, 0.25) is 0 Å². The largest absolute Gasteiger partial charge is 0.660 e. The fourth-order valence-electron chi connectivity index (χ4n) is 2.39. The van der Waals surface area contributed by atoms with Crippen molar-refractivity contribution < 1.29 is 14.1 Å². The van der Waals surface area contributed by atoms with Gasteiger partial charge in [0.1, 0.15) is 5.88 Å². The molecule has 1 fully saturated rings. The first-order valence-corrected chi connectivity index (χ1v) is 6.88. The molecular weight excluding hydrogens is 270 g/mol. The van der Waals surface area contributed by atoms with E-state index in [-0.39, 0.29) is 11.7 Å². The molecule has 1 saturated heterocycles. The summed E-state index contributed by atoms with van der Waals surface area (Å²) in [6, 6.07) is 9.36. The van der Waals surface area contributed by atoms with Crippen LogP contribution in [0.1, 0.15) is 10.4 Å². The van der Waals surface area contributed by atoms with Gasteiger partial charge in [-0.2, -0.15) is 5.01 Å². The summed E-state index contributed by atoms with van der Waals surface area (Å²) in [6.07, 6.45) is 1.53. The number of hydrogen-bond acceptors (Lipinski definition) is 5. The van der Waals surface area contributed by atoms with Gasteiger partial charge in [-0.15, -0.1) is 0 Å². The molecule has 0 radical (unpaired) electrons. The van der Waals surface area contributed by atoms with E-state index in [0.29, 0.717) is 6.54 Å². The summed E-state index contributed by atoms with van der Waals surface area (Å²) in [6.45, 7) is 3.50. The van der Waals surface area contributed by atoms with Gasteiger partial charge in [-0.25, -0.2) is 0 Å². The highest BCUT2D eigenvalue weighted by molar-refractivity contribution is 5.97. The lowest BCUT2D eigenvalue weighted by molar-refractivity contribution is -0.759. The average Bonchev–Trinajstić information content (AvgIpc) is 2.95. The zero-order valence-electron chi connectivity index (χ0n) is 11.6. The molecule has 7 nitrogen and oxygen atoms in total. The number of carbonyl (C=O) groups is 1. The topological polar surface area (TPSA) is 77.3 Å². The molecule has 0 aliphatic carbocycles. The Hall–Kier alpha value is -2.41. The molecule has 0 saturated carbocycles. The second-order valence-corrected chi connectivity index (χ2v) is 5.01. The second-order valence-electron chi connectivity index (χ2n) is 5.01. The molecule has 110 valence electrons. The Kier molecular flexibility index (Phi) is 3.83. The predicted molar refractivity (Wildman–Crippen MR) is 75.8 cm³/mol. The first-order chi connectivity index (χ1) is 10.2. The van der Waals surface area contributed by atoms with Crippen LogP contribution in [0.5, 0.6) is 0 Å². The van der Waals surface area contributed by atoms with Gasteiger partial charge in [-0.3, -0.25) is 9.69 Å². The molecule has 1 N–H and O–H groups in total. The molecule has 0 atom stereocenters. The zero-order chi connectivity index (χ0) is 14.7. The van der Waals surface area contributed by atoms with E-state index in [1.807, 2.05) is 35.3 Å². The van der Waals surface area contributed by atoms with E-state index in [1.165, 1.54) is 6.20 Å². The minimum absolute atomic E-state index is 0.0386. The summed E-state index contributed by atoms with van der Waals surface area (Å²) in [7, 11) is 0. The van der Waals surface area contributed by atoms with Crippen molar-refractivity contribution in [1.82, 2.24) is 10.2 Å². The van der Waals surface area contributed by atoms with Gasteiger partial charge in [-0.1, -0.05) is 30.3 Å². The minimum atomic E-state index is 0.0386. The first kappa shape index (κ1) is 13.6. The van der Waals surface area contributed by atoms with Crippen LogP contribution in [0.4, 0.5) is 5.88 Å². The summed E-state index contributed by atoms with van der Waals surface area (Å²) >= 11 is 0. The molecule has 1 aromatic carbocycles. The lowest BCUT2D eigenvalue weighted by Crippen LogP contribution is -2.65. The number of carbonyl (C=O) groups excluding carboxylic acids is 1. The maximum atomic E-state index is 12.2. The Morgan fingerprint density at radius 1 is 1.24 bits per heavy atom. The molecule has 7 heteroatoms. The molecule has 1 aromatic heterocycles. The lowest BCUT2D eigenvalue weighted by Gasteiger charge is -2.29. The van der Waals surface area contributed by atoms with E-state index in [9.17, 15) is 4.79 Å². The molecule has 2 heterocycles. The number of hydrogen-bond donors (Lipinski definition) is 0. The number of piperazine rings is 1. The van der Waals surface area contributed by atoms with Gasteiger partial charge in [0.25, 0.3) is 6.20 Å². The Labute approximate surface area is 122 Å². The predicted octanol–water partition coefficient (Wildman–Crippen LogP) is 0.782. The first-order valence-electron chi connectivity index (χ1n) is 6.88. The smallest absolute Gasteiger partial charge is 0.256 e. The van der Waals surface area contributed by atoms with E-state index in [0.717, 1.165) is 31.7 Å². The summed E-state index contributed by atoms with van der Waals surface area (Å²) in [5.41, 5.74) is 8.08. The van der Waals surface area contributed by atoms with Crippen molar-refractivity contribution in [2.75, 3.05) is 37.7 Å². The van der Waals surface area contributed by atoms with Crippen molar-refractivity contribution in [3.63, 3.8) is 0 Å². The Morgan fingerprint density at radius 2 is 1.95 bits per heavy atom. The molecule has 1 aliphatic rings. The highest BCUT2D eigenvalue weighted by Gasteiger charge is 2.25. The van der Waals surface area contributed by atoms with Crippen LogP contribution in [0, 0.1) is 0 Å². The molecule has 3 rings (SSSR count). The van der Waals surface area contributed by atoms with Gasteiger partial charge in [0, 0.05) is 18.7 Å². The third-order valence-corrected chi connectivity index (χ3v) is 3.56. The minimum Gasteiger partial charge on any atom is -0.660 e. The Balaban J connectivity index is 1.53. The van der Waals surface area contributed by atoms with Gasteiger partial charge in [0.15, 0.2) is 5.78 Å².